The van der Waals surface area contributed by atoms with Gasteiger partial charge in [-0.3, -0.25) is 19.4 Å². The van der Waals surface area contributed by atoms with E-state index in [0.29, 0.717) is 30.4 Å². The lowest BCUT2D eigenvalue weighted by atomic mass is 10.1. The summed E-state index contributed by atoms with van der Waals surface area (Å²) in [6, 6.07) is 9.83. The van der Waals surface area contributed by atoms with Crippen molar-refractivity contribution in [3.05, 3.63) is 66.2 Å². The Kier molecular flexibility index (Phi) is 6.82. The molecule has 2 aliphatic rings. The molecule has 2 aliphatic heterocycles. The second-order valence-corrected chi connectivity index (χ2v) is 11.3. The van der Waals surface area contributed by atoms with Crippen molar-refractivity contribution in [2.24, 2.45) is 0 Å². The first-order valence-electron chi connectivity index (χ1n) is 12.3. The molecular formula is C26H28N4O6S. The minimum absolute atomic E-state index is 0.0963. The van der Waals surface area contributed by atoms with E-state index in [1.165, 1.54) is 15.4 Å². The first-order chi connectivity index (χ1) is 17.8. The highest BCUT2D eigenvalue weighted by molar-refractivity contribution is 7.88. The van der Waals surface area contributed by atoms with E-state index in [9.17, 15) is 22.8 Å². The standard InChI is InChI=1S/C26H28N4O6S/c1-2-6-19(28-25(32)23-13-18-8-3-4-9-22(18)36-23)26(33)29-12-10-20-24(29)21(31)15-30(20)37(34,35)16-17-7-5-11-27-14-17/h3-5,7-9,11,13-14,19-20,24H,2,6,10,12,15-16H2,1H3,(H,28,32). The van der Waals surface area contributed by atoms with Crippen LogP contribution in [0.4, 0.5) is 0 Å². The van der Waals surface area contributed by atoms with Crippen LogP contribution in [0.15, 0.2) is 59.3 Å². The zero-order valence-corrected chi connectivity index (χ0v) is 21.2. The molecule has 0 aliphatic carbocycles. The lowest BCUT2D eigenvalue weighted by molar-refractivity contribution is -0.138. The lowest BCUT2D eigenvalue weighted by Crippen LogP contribution is -2.52. The summed E-state index contributed by atoms with van der Waals surface area (Å²) in [5.74, 6) is -1.39. The van der Waals surface area contributed by atoms with Crippen LogP contribution in [0.25, 0.3) is 11.0 Å². The molecule has 2 fully saturated rings. The second kappa shape index (κ2) is 10.1. The number of Topliss-reactive ketones (excluding diaryl/α,β-unsaturated/α-hetero) is 1. The molecule has 5 rings (SSSR count). The normalized spacial score (nSPS) is 20.8. The summed E-state index contributed by atoms with van der Waals surface area (Å²) in [5.41, 5.74) is 1.10. The number of nitrogens with one attached hydrogen (secondary N) is 1. The fourth-order valence-corrected chi connectivity index (χ4v) is 6.94. The van der Waals surface area contributed by atoms with Crippen molar-refractivity contribution in [1.82, 2.24) is 19.5 Å². The summed E-state index contributed by atoms with van der Waals surface area (Å²) in [7, 11) is -3.80. The molecule has 11 heteroatoms. The molecule has 194 valence electrons. The number of carbonyl (C=O) groups excluding carboxylic acids is 3. The number of fused-ring (bicyclic) bond motifs is 2. The summed E-state index contributed by atoms with van der Waals surface area (Å²) >= 11 is 0. The van der Waals surface area contributed by atoms with Gasteiger partial charge in [-0.05, 0) is 36.6 Å². The van der Waals surface area contributed by atoms with Gasteiger partial charge in [0.1, 0.15) is 17.7 Å². The summed E-state index contributed by atoms with van der Waals surface area (Å²) in [6.07, 6.45) is 4.39. The van der Waals surface area contributed by atoms with Crippen LogP contribution in [0.3, 0.4) is 0 Å². The number of hydrogen-bond acceptors (Lipinski definition) is 7. The Morgan fingerprint density at radius 2 is 2.03 bits per heavy atom. The Balaban J connectivity index is 1.31. The number of aromatic nitrogens is 1. The molecule has 4 heterocycles. The van der Waals surface area contributed by atoms with Crippen molar-refractivity contribution in [2.75, 3.05) is 13.1 Å². The van der Waals surface area contributed by atoms with Crippen LogP contribution in [0.5, 0.6) is 0 Å². The Hall–Kier alpha value is -3.57. The maximum Gasteiger partial charge on any atom is 0.287 e. The zero-order chi connectivity index (χ0) is 26.2. The summed E-state index contributed by atoms with van der Waals surface area (Å²) < 4.78 is 33.2. The molecule has 1 N–H and O–H groups in total. The van der Waals surface area contributed by atoms with Crippen LogP contribution in [-0.2, 0) is 25.4 Å². The molecule has 0 bridgehead atoms. The molecule has 3 atom stereocenters. The number of ketones is 1. The first kappa shape index (κ1) is 25.1. The van der Waals surface area contributed by atoms with E-state index in [4.69, 9.17) is 4.42 Å². The molecule has 2 amide bonds. The van der Waals surface area contributed by atoms with Crippen LogP contribution >= 0.6 is 0 Å². The summed E-state index contributed by atoms with van der Waals surface area (Å²) in [5, 5.41) is 3.54. The number of para-hydroxylation sites is 1. The molecule has 3 unspecified atom stereocenters. The van der Waals surface area contributed by atoms with Crippen LogP contribution in [-0.4, -0.2) is 71.4 Å². The molecule has 2 aromatic heterocycles. The number of amides is 2. The van der Waals surface area contributed by atoms with Crippen molar-refractivity contribution >= 4 is 38.6 Å². The SMILES string of the molecule is CCCC(NC(=O)c1cc2ccccc2o1)C(=O)N1CCC2C1C(=O)CN2S(=O)(=O)Cc1cccnc1. The molecule has 0 saturated carbocycles. The van der Waals surface area contributed by atoms with E-state index in [0.717, 1.165) is 5.39 Å². The molecular weight excluding hydrogens is 496 g/mol. The smallest absolute Gasteiger partial charge is 0.287 e. The predicted octanol–water partition coefficient (Wildman–Crippen LogP) is 2.11. The number of rotatable bonds is 8. The van der Waals surface area contributed by atoms with E-state index < -0.39 is 40.0 Å². The summed E-state index contributed by atoms with van der Waals surface area (Å²) in [4.78, 5) is 44.9. The largest absolute Gasteiger partial charge is 0.451 e. The van der Waals surface area contributed by atoms with Crippen LogP contribution in [0, 0.1) is 0 Å². The molecule has 1 aromatic carbocycles. The summed E-state index contributed by atoms with van der Waals surface area (Å²) in [6.45, 7) is 1.86. The van der Waals surface area contributed by atoms with Gasteiger partial charge >= 0.3 is 0 Å². The van der Waals surface area contributed by atoms with Gasteiger partial charge in [0.2, 0.25) is 15.9 Å². The average molecular weight is 525 g/mol. The van der Waals surface area contributed by atoms with E-state index in [1.807, 2.05) is 19.1 Å². The zero-order valence-electron chi connectivity index (χ0n) is 20.4. The van der Waals surface area contributed by atoms with E-state index in [1.54, 1.807) is 36.5 Å². The van der Waals surface area contributed by atoms with Gasteiger partial charge in [0, 0.05) is 24.3 Å². The third-order valence-corrected chi connectivity index (χ3v) is 8.73. The predicted molar refractivity (Wildman–Crippen MR) is 135 cm³/mol. The number of pyridine rings is 1. The minimum atomic E-state index is -3.80. The topological polar surface area (TPSA) is 130 Å². The van der Waals surface area contributed by atoms with Crippen molar-refractivity contribution < 1.29 is 27.2 Å². The molecule has 2 saturated heterocycles. The Labute approximate surface area is 214 Å². The van der Waals surface area contributed by atoms with Gasteiger partial charge in [0.25, 0.3) is 5.91 Å². The third-order valence-electron chi connectivity index (χ3n) is 6.92. The van der Waals surface area contributed by atoms with Gasteiger partial charge < -0.3 is 14.6 Å². The van der Waals surface area contributed by atoms with Crippen LogP contribution < -0.4 is 5.32 Å². The Morgan fingerprint density at radius 3 is 2.76 bits per heavy atom. The first-order valence-corrected chi connectivity index (χ1v) is 13.9. The van der Waals surface area contributed by atoms with Crippen LogP contribution in [0.1, 0.15) is 42.3 Å². The highest BCUT2D eigenvalue weighted by Gasteiger charge is 2.54. The highest BCUT2D eigenvalue weighted by Crippen LogP contribution is 2.33. The van der Waals surface area contributed by atoms with Gasteiger partial charge in [-0.15, -0.1) is 0 Å². The van der Waals surface area contributed by atoms with Crippen LogP contribution in [0.2, 0.25) is 0 Å². The molecule has 0 radical (unpaired) electrons. The number of nitrogens with zero attached hydrogens (tertiary/aromatic N) is 3. The van der Waals surface area contributed by atoms with Crippen molar-refractivity contribution in [3.63, 3.8) is 0 Å². The van der Waals surface area contributed by atoms with Gasteiger partial charge in [-0.1, -0.05) is 37.6 Å². The van der Waals surface area contributed by atoms with Gasteiger partial charge in [0.15, 0.2) is 11.5 Å². The van der Waals surface area contributed by atoms with Gasteiger partial charge in [-0.2, -0.15) is 4.31 Å². The van der Waals surface area contributed by atoms with Crippen molar-refractivity contribution in [2.45, 2.75) is 50.1 Å². The second-order valence-electron chi connectivity index (χ2n) is 9.42. The number of benzene rings is 1. The number of likely N-dealkylation sites (tertiary alicyclic amines) is 1. The molecule has 0 spiro atoms. The number of hydrogen-bond donors (Lipinski definition) is 1. The number of furan rings is 1. The fraction of sp³-hybridized carbons (Fsp3) is 0.385. The maximum absolute atomic E-state index is 13.6. The quantitative estimate of drug-likeness (QED) is 0.478. The minimum Gasteiger partial charge on any atom is -0.451 e. The van der Waals surface area contributed by atoms with E-state index in [-0.39, 0.29) is 30.4 Å². The highest BCUT2D eigenvalue weighted by atomic mass is 32.2. The Bertz CT molecular complexity index is 1400. The third kappa shape index (κ3) is 4.88. The maximum atomic E-state index is 13.6. The molecule has 3 aromatic rings. The van der Waals surface area contributed by atoms with Gasteiger partial charge in [-0.25, -0.2) is 8.42 Å². The fourth-order valence-electron chi connectivity index (χ4n) is 5.23. The Morgan fingerprint density at radius 1 is 1.22 bits per heavy atom. The molecule has 37 heavy (non-hydrogen) atoms. The van der Waals surface area contributed by atoms with Gasteiger partial charge in [0.05, 0.1) is 18.3 Å². The van der Waals surface area contributed by atoms with Crippen molar-refractivity contribution in [3.8, 4) is 0 Å². The van der Waals surface area contributed by atoms with Crippen molar-refractivity contribution in [1.29, 1.82) is 0 Å². The monoisotopic (exact) mass is 524 g/mol. The van der Waals surface area contributed by atoms with E-state index in [2.05, 4.69) is 10.3 Å². The average Bonchev–Trinajstić information content (AvgIpc) is 3.59. The lowest BCUT2D eigenvalue weighted by Gasteiger charge is -2.28. The number of sulfonamides is 1. The number of carbonyl (C=O) groups is 3. The van der Waals surface area contributed by atoms with E-state index >= 15 is 0 Å². The molecule has 10 nitrogen and oxygen atoms in total.